The van der Waals surface area contributed by atoms with E-state index < -0.39 is 18.3 Å². The van der Waals surface area contributed by atoms with Crippen molar-refractivity contribution in [3.8, 4) is 11.1 Å². The third kappa shape index (κ3) is 5.36. The molecule has 0 radical (unpaired) electrons. The predicted molar refractivity (Wildman–Crippen MR) is 215 cm³/mol. The van der Waals surface area contributed by atoms with Gasteiger partial charge in [-0.3, -0.25) is 0 Å². The molecule has 3 aromatic carbocycles. The van der Waals surface area contributed by atoms with E-state index in [9.17, 15) is 0 Å². The molecule has 7 rings (SSSR count). The number of halogens is 2. The van der Waals surface area contributed by atoms with Crippen molar-refractivity contribution in [1.82, 2.24) is 0 Å². The average Bonchev–Trinajstić information content (AvgIpc) is 3.62. The van der Waals surface area contributed by atoms with Gasteiger partial charge in [0.1, 0.15) is 0 Å². The zero-order valence-corrected chi connectivity index (χ0v) is 35.2. The van der Waals surface area contributed by atoms with Crippen molar-refractivity contribution in [3.63, 3.8) is 0 Å². The van der Waals surface area contributed by atoms with Crippen LogP contribution < -0.4 is 3.27 Å². The molecule has 3 aromatic rings. The van der Waals surface area contributed by atoms with Crippen LogP contribution in [0.5, 0.6) is 0 Å². The van der Waals surface area contributed by atoms with Gasteiger partial charge in [0, 0.05) is 0 Å². The molecule has 1 atom stereocenters. The van der Waals surface area contributed by atoms with Crippen molar-refractivity contribution in [2.75, 3.05) is 0 Å². The van der Waals surface area contributed by atoms with Crippen LogP contribution in [0.15, 0.2) is 81.7 Å². The Kier molecular flexibility index (Phi) is 9.11. The number of aryl methyl sites for hydroxylation is 1. The van der Waals surface area contributed by atoms with Gasteiger partial charge in [-0.1, -0.05) is 0 Å². The van der Waals surface area contributed by atoms with Gasteiger partial charge in [-0.15, -0.1) is 24.8 Å². The van der Waals surface area contributed by atoms with E-state index >= 15 is 0 Å². The summed E-state index contributed by atoms with van der Waals surface area (Å²) in [6, 6.07) is 19.8. The van der Waals surface area contributed by atoms with Crippen LogP contribution in [0, 0.1) is 12.3 Å². The maximum atomic E-state index is 5.55. The summed E-state index contributed by atoms with van der Waals surface area (Å²) in [4.78, 5) is 0. The van der Waals surface area contributed by atoms with E-state index in [0.29, 0.717) is 3.63 Å². The van der Waals surface area contributed by atoms with E-state index in [1.165, 1.54) is 70.1 Å². The molecule has 254 valence electrons. The van der Waals surface area contributed by atoms with E-state index in [0.717, 1.165) is 19.3 Å². The number of benzene rings is 3. The Balaban J connectivity index is 0.00000225. The molecule has 1 unspecified atom stereocenters. The van der Waals surface area contributed by atoms with Crippen LogP contribution in [0.4, 0.5) is 0 Å². The summed E-state index contributed by atoms with van der Waals surface area (Å²) in [6.07, 6.45) is 13.4. The molecule has 0 heterocycles. The first-order chi connectivity index (χ1) is 21.3. The standard InChI is InChI=1S/C27H29.C9H13.C7H7.CH3.CH2.2ClH.Zr/c1-16-7-9-26(3,4)24-12-18-11-19-13-25-21(17(2)8-10-27(25,5)6)15-23(19)22(18)14-20(16)24;1-9(2,3)8-6-4-5-7-8;1-7-5-3-2-4-6-7;;;;;/h7-9,12-15H,10-11H2,1-6H3;6-7H,4H2,1-3H3;3-6H,1H3;1H3;1H2;2*1H;. The van der Waals surface area contributed by atoms with Crippen molar-refractivity contribution in [2.24, 2.45) is 5.41 Å². The molecule has 0 aromatic heterocycles. The molecule has 0 saturated carbocycles. The first-order valence-electron chi connectivity index (χ1n) is 17.6. The summed E-state index contributed by atoms with van der Waals surface area (Å²) in [7, 11) is 0. The maximum absolute atomic E-state index is 5.55. The van der Waals surface area contributed by atoms with Gasteiger partial charge < -0.3 is 0 Å². The first kappa shape index (κ1) is 37.2. The van der Waals surface area contributed by atoms with E-state index in [2.05, 4.69) is 147 Å². The fourth-order valence-electron chi connectivity index (χ4n) is 9.70. The van der Waals surface area contributed by atoms with E-state index in [1.54, 1.807) is 3.28 Å². The zero-order valence-electron chi connectivity index (χ0n) is 31.2. The van der Waals surface area contributed by atoms with Crippen LogP contribution in [-0.2, 0) is 35.5 Å². The van der Waals surface area contributed by atoms with Gasteiger partial charge in [-0.2, -0.15) is 0 Å². The third-order valence-corrected chi connectivity index (χ3v) is 29.2. The number of rotatable bonds is 3. The quantitative estimate of drug-likeness (QED) is 0.195. The van der Waals surface area contributed by atoms with Gasteiger partial charge >= 0.3 is 282 Å². The Labute approximate surface area is 304 Å². The second-order valence-corrected chi connectivity index (χ2v) is 33.0. The van der Waals surface area contributed by atoms with E-state index in [4.69, 9.17) is 4.21 Å². The summed E-state index contributed by atoms with van der Waals surface area (Å²) in [5, 5.41) is 0. The third-order valence-electron chi connectivity index (χ3n) is 12.9. The average molecular weight is 759 g/mol. The fraction of sp³-hybridized carbons (Fsp3) is 0.400. The SMILES string of the molecule is Cl.Cl.[CH2]=[Zr]([CH3])([C]1=CC(C(C)(C)C)=CC1)([c]1ccc(C)cc1)[CH]1C=C(C)c2cc3c(cc2C1(C)C)Cc1cc2c(cc1-3)C(C)=CCC2(C)C. The molecule has 0 saturated heterocycles. The summed E-state index contributed by atoms with van der Waals surface area (Å²) >= 11 is -4.21. The number of allylic oxidation sites excluding steroid dienone is 8. The summed E-state index contributed by atoms with van der Waals surface area (Å²) in [5.74, 6) is 0. The Morgan fingerprint density at radius 2 is 1.31 bits per heavy atom. The van der Waals surface area contributed by atoms with Crippen LogP contribution in [0.3, 0.4) is 0 Å². The molecule has 0 N–H and O–H groups in total. The molecule has 0 spiro atoms. The Morgan fingerprint density at radius 3 is 1.88 bits per heavy atom. The van der Waals surface area contributed by atoms with E-state index in [-0.39, 0.29) is 41.1 Å². The number of hydrogen-bond donors (Lipinski definition) is 0. The van der Waals surface area contributed by atoms with Crippen molar-refractivity contribution in [1.29, 1.82) is 0 Å². The Hall–Kier alpha value is -2.05. The molecular weight excluding hydrogens is 703 g/mol. The monoisotopic (exact) mass is 756 g/mol. The van der Waals surface area contributed by atoms with E-state index in [1.807, 2.05) is 0 Å². The fourth-order valence-corrected chi connectivity index (χ4v) is 25.1. The number of hydrogen-bond acceptors (Lipinski definition) is 0. The molecule has 0 bridgehead atoms. The van der Waals surface area contributed by atoms with Gasteiger partial charge in [0.15, 0.2) is 0 Å². The topological polar surface area (TPSA) is 0 Å². The van der Waals surface area contributed by atoms with Crippen LogP contribution >= 0.6 is 24.8 Å². The van der Waals surface area contributed by atoms with Crippen molar-refractivity contribution < 1.29 is 18.3 Å². The molecule has 0 aliphatic heterocycles. The summed E-state index contributed by atoms with van der Waals surface area (Å²) in [5.41, 5.74) is 17.7. The second-order valence-electron chi connectivity index (χ2n) is 18.1. The molecule has 0 amide bonds. The molecule has 48 heavy (non-hydrogen) atoms. The predicted octanol–water partition coefficient (Wildman–Crippen LogP) is 12.7. The van der Waals surface area contributed by atoms with Gasteiger partial charge in [-0.05, 0) is 0 Å². The molecule has 0 fully saturated rings. The van der Waals surface area contributed by atoms with Crippen molar-refractivity contribution in [3.05, 3.63) is 121 Å². The van der Waals surface area contributed by atoms with Gasteiger partial charge in [-0.25, -0.2) is 0 Å². The summed E-state index contributed by atoms with van der Waals surface area (Å²) < 4.78 is 11.7. The van der Waals surface area contributed by atoms with Gasteiger partial charge in [0.2, 0.25) is 0 Å². The number of fused-ring (bicyclic) bond motifs is 5. The van der Waals surface area contributed by atoms with Crippen molar-refractivity contribution in [2.45, 2.75) is 108 Å². The molecule has 4 aliphatic rings. The summed E-state index contributed by atoms with van der Waals surface area (Å²) in [6.45, 7) is 23.8. The van der Waals surface area contributed by atoms with Crippen molar-refractivity contribution >= 4 is 43.4 Å². The first-order valence-corrected chi connectivity index (χ1v) is 25.6. The van der Waals surface area contributed by atoms with Crippen LogP contribution in [0.25, 0.3) is 22.3 Å². The zero-order chi connectivity index (χ0) is 33.2. The van der Waals surface area contributed by atoms with Crippen LogP contribution in [0.2, 0.25) is 8.26 Å². The van der Waals surface area contributed by atoms with Gasteiger partial charge in [0.05, 0.1) is 0 Å². The Morgan fingerprint density at radius 1 is 0.750 bits per heavy atom. The van der Waals surface area contributed by atoms with Crippen LogP contribution in [-0.4, -0.2) is 4.21 Å². The minimum atomic E-state index is -4.21. The molecule has 4 aliphatic carbocycles. The molecule has 3 heteroatoms. The molecule has 0 nitrogen and oxygen atoms in total. The van der Waals surface area contributed by atoms with Crippen LogP contribution in [0.1, 0.15) is 114 Å². The minimum absolute atomic E-state index is 0. The normalized spacial score (nSPS) is 20.5. The second kappa shape index (κ2) is 11.8. The Bertz CT molecular complexity index is 2040. The van der Waals surface area contributed by atoms with Gasteiger partial charge in [0.25, 0.3) is 0 Å². The molecular formula is C45H56Cl2Zr.